The fourth-order valence-corrected chi connectivity index (χ4v) is 4.75. The molecule has 0 bridgehead atoms. The second-order valence-corrected chi connectivity index (χ2v) is 8.59. The van der Waals surface area contributed by atoms with E-state index in [0.717, 1.165) is 62.0 Å². The molecule has 0 spiro atoms. The van der Waals surface area contributed by atoms with E-state index in [-0.39, 0.29) is 16.5 Å². The van der Waals surface area contributed by atoms with Crippen LogP contribution in [-0.4, -0.2) is 34.3 Å². The Morgan fingerprint density at radius 1 is 1.26 bits per heavy atom. The van der Waals surface area contributed by atoms with Crippen LogP contribution in [0.5, 0.6) is 0 Å². The molecule has 1 aliphatic heterocycles. The summed E-state index contributed by atoms with van der Waals surface area (Å²) in [5.74, 6) is -0.620. The molecule has 2 heterocycles. The van der Waals surface area contributed by atoms with E-state index in [9.17, 15) is 14.7 Å². The Kier molecular flexibility index (Phi) is 3.47. The van der Waals surface area contributed by atoms with Crippen molar-refractivity contribution >= 4 is 22.6 Å². The molecule has 6 nitrogen and oxygen atoms in total. The minimum atomic E-state index is -1.15. The van der Waals surface area contributed by atoms with Gasteiger partial charge in [-0.15, -0.1) is 0 Å². The van der Waals surface area contributed by atoms with E-state index >= 15 is 0 Å². The van der Waals surface area contributed by atoms with Crippen LogP contribution in [0.25, 0.3) is 10.9 Å². The molecule has 1 aromatic heterocycles. The summed E-state index contributed by atoms with van der Waals surface area (Å²) in [5.41, 5.74) is 9.04. The van der Waals surface area contributed by atoms with Crippen molar-refractivity contribution in [1.29, 1.82) is 0 Å². The molecular formula is C21H25N3O3. The number of carboxylic acids is 1. The van der Waals surface area contributed by atoms with E-state index < -0.39 is 5.97 Å². The molecule has 3 N–H and O–H groups in total. The minimum Gasteiger partial charge on any atom is -0.477 e. The van der Waals surface area contributed by atoms with Crippen LogP contribution in [0.3, 0.4) is 0 Å². The zero-order valence-corrected chi connectivity index (χ0v) is 15.6. The van der Waals surface area contributed by atoms with Crippen LogP contribution in [0.2, 0.25) is 0 Å². The highest BCUT2D eigenvalue weighted by Gasteiger charge is 2.48. The van der Waals surface area contributed by atoms with Crippen molar-refractivity contribution < 1.29 is 9.90 Å². The van der Waals surface area contributed by atoms with Crippen molar-refractivity contribution in [3.63, 3.8) is 0 Å². The molecule has 1 unspecified atom stereocenters. The minimum absolute atomic E-state index is 0.0337. The number of benzene rings is 1. The Balaban J connectivity index is 1.63. The first kappa shape index (κ1) is 16.8. The summed E-state index contributed by atoms with van der Waals surface area (Å²) in [4.78, 5) is 26.6. The van der Waals surface area contributed by atoms with E-state index in [0.29, 0.717) is 17.3 Å². The molecule has 27 heavy (non-hydrogen) atoms. The lowest BCUT2D eigenvalue weighted by Gasteiger charge is -2.25. The lowest BCUT2D eigenvalue weighted by molar-refractivity contribution is 0.0695. The summed E-state index contributed by atoms with van der Waals surface area (Å²) in [6.45, 7) is 4.00. The monoisotopic (exact) mass is 367 g/mol. The van der Waals surface area contributed by atoms with Gasteiger partial charge in [0.05, 0.1) is 5.52 Å². The standard InChI is InChI=1S/C21H25N3O3/c1-12-17(23-9-6-13(10-23)21(22)7-8-21)5-4-15-18(12)24(14-2-3-14)11-16(19(15)25)20(26)27/h4-5,11,13-14H,2-3,6-10,22H2,1H3,(H,26,27). The Bertz CT molecular complexity index is 1020. The zero-order chi connectivity index (χ0) is 18.9. The summed E-state index contributed by atoms with van der Waals surface area (Å²) >= 11 is 0. The lowest BCUT2D eigenvalue weighted by Crippen LogP contribution is -2.34. The lowest BCUT2D eigenvalue weighted by atomic mass is 9.97. The van der Waals surface area contributed by atoms with Gasteiger partial charge in [0.15, 0.2) is 0 Å². The highest BCUT2D eigenvalue weighted by atomic mass is 16.4. The number of nitrogens with two attached hydrogens (primary N) is 1. The van der Waals surface area contributed by atoms with Crippen molar-refractivity contribution in [3.05, 3.63) is 39.7 Å². The summed E-state index contributed by atoms with van der Waals surface area (Å²) < 4.78 is 2.03. The van der Waals surface area contributed by atoms with Gasteiger partial charge in [-0.1, -0.05) is 0 Å². The number of fused-ring (bicyclic) bond motifs is 1. The summed E-state index contributed by atoms with van der Waals surface area (Å²) in [5, 5.41) is 9.94. The number of rotatable bonds is 4. The second-order valence-electron chi connectivity index (χ2n) is 8.59. The maximum Gasteiger partial charge on any atom is 0.341 e. The van der Waals surface area contributed by atoms with Gasteiger partial charge in [-0.25, -0.2) is 4.79 Å². The van der Waals surface area contributed by atoms with E-state index in [1.54, 1.807) is 6.20 Å². The number of nitrogens with zero attached hydrogens (tertiary/aromatic N) is 2. The maximum atomic E-state index is 12.7. The van der Waals surface area contributed by atoms with Gasteiger partial charge in [0.2, 0.25) is 5.43 Å². The van der Waals surface area contributed by atoms with E-state index in [2.05, 4.69) is 11.8 Å². The average Bonchev–Trinajstić information content (AvgIpc) is 3.56. The third-order valence-electron chi connectivity index (χ3n) is 6.76. The average molecular weight is 367 g/mol. The number of carbonyl (C=O) groups is 1. The molecule has 2 aliphatic carbocycles. The van der Waals surface area contributed by atoms with Crippen LogP contribution in [0, 0.1) is 12.8 Å². The topological polar surface area (TPSA) is 88.6 Å². The van der Waals surface area contributed by atoms with Gasteiger partial charge in [-0.05, 0) is 62.6 Å². The van der Waals surface area contributed by atoms with Crippen molar-refractivity contribution in [3.8, 4) is 0 Å². The Hall–Kier alpha value is -2.34. The molecule has 5 rings (SSSR count). The number of aromatic carboxylic acids is 1. The highest BCUT2D eigenvalue weighted by molar-refractivity contribution is 5.95. The van der Waals surface area contributed by atoms with Gasteiger partial charge in [0.1, 0.15) is 5.56 Å². The molecule has 1 saturated heterocycles. The molecule has 2 aromatic rings. The number of aryl methyl sites for hydroxylation is 1. The number of anilines is 1. The summed E-state index contributed by atoms with van der Waals surface area (Å²) in [7, 11) is 0. The largest absolute Gasteiger partial charge is 0.477 e. The normalized spacial score (nSPS) is 23.8. The fourth-order valence-electron chi connectivity index (χ4n) is 4.75. The summed E-state index contributed by atoms with van der Waals surface area (Å²) in [6, 6.07) is 4.10. The fraction of sp³-hybridized carbons (Fsp3) is 0.524. The number of aromatic nitrogens is 1. The van der Waals surface area contributed by atoms with Crippen molar-refractivity contribution in [2.45, 2.75) is 50.6 Å². The number of hydrogen-bond acceptors (Lipinski definition) is 4. The van der Waals surface area contributed by atoms with Crippen molar-refractivity contribution in [2.75, 3.05) is 18.0 Å². The predicted octanol–water partition coefficient (Wildman–Crippen LogP) is 2.66. The predicted molar refractivity (Wildman–Crippen MR) is 105 cm³/mol. The van der Waals surface area contributed by atoms with Crippen LogP contribution in [0.15, 0.2) is 23.1 Å². The molecule has 142 valence electrons. The Labute approximate surface area is 157 Å². The molecule has 2 saturated carbocycles. The van der Waals surface area contributed by atoms with E-state index in [1.165, 1.54) is 0 Å². The van der Waals surface area contributed by atoms with Gasteiger partial charge in [-0.3, -0.25) is 4.79 Å². The SMILES string of the molecule is Cc1c(N2CCC(C3(N)CC3)C2)ccc2c(=O)c(C(=O)O)cn(C3CC3)c12. The molecule has 3 fully saturated rings. The third-order valence-corrected chi connectivity index (χ3v) is 6.76. The van der Waals surface area contributed by atoms with Crippen LogP contribution in [-0.2, 0) is 0 Å². The molecule has 1 atom stereocenters. The van der Waals surface area contributed by atoms with Crippen LogP contribution in [0.1, 0.15) is 54.1 Å². The first-order valence-corrected chi connectivity index (χ1v) is 9.84. The maximum absolute atomic E-state index is 12.7. The number of carboxylic acid groups (broad SMARTS) is 1. The molecule has 0 amide bonds. The molecule has 1 aromatic carbocycles. The van der Waals surface area contributed by atoms with Crippen LogP contribution >= 0.6 is 0 Å². The van der Waals surface area contributed by atoms with Crippen molar-refractivity contribution in [2.24, 2.45) is 11.7 Å². The van der Waals surface area contributed by atoms with Gasteiger partial charge >= 0.3 is 5.97 Å². The first-order valence-electron chi connectivity index (χ1n) is 9.84. The number of hydrogen-bond donors (Lipinski definition) is 2. The molecular weight excluding hydrogens is 342 g/mol. The Morgan fingerprint density at radius 3 is 2.63 bits per heavy atom. The van der Waals surface area contributed by atoms with Gasteiger partial charge in [-0.2, -0.15) is 0 Å². The van der Waals surface area contributed by atoms with E-state index in [1.807, 2.05) is 16.7 Å². The molecule has 3 aliphatic rings. The first-order chi connectivity index (χ1) is 12.9. The van der Waals surface area contributed by atoms with Crippen LogP contribution < -0.4 is 16.1 Å². The second kappa shape index (κ2) is 5.58. The van der Waals surface area contributed by atoms with E-state index in [4.69, 9.17) is 5.73 Å². The van der Waals surface area contributed by atoms with Gasteiger partial charge in [0, 0.05) is 41.9 Å². The third kappa shape index (κ3) is 2.57. The van der Waals surface area contributed by atoms with Gasteiger partial charge in [0.25, 0.3) is 0 Å². The van der Waals surface area contributed by atoms with Crippen LogP contribution in [0.4, 0.5) is 5.69 Å². The Morgan fingerprint density at radius 2 is 2.00 bits per heavy atom. The van der Waals surface area contributed by atoms with Gasteiger partial charge < -0.3 is 20.3 Å². The highest BCUT2D eigenvalue weighted by Crippen LogP contribution is 2.45. The summed E-state index contributed by atoms with van der Waals surface area (Å²) in [6.07, 6.45) is 6.97. The van der Waals surface area contributed by atoms with Crippen molar-refractivity contribution in [1.82, 2.24) is 4.57 Å². The zero-order valence-electron chi connectivity index (χ0n) is 15.6. The smallest absolute Gasteiger partial charge is 0.341 e. The number of pyridine rings is 1. The quantitative estimate of drug-likeness (QED) is 0.867. The molecule has 6 heteroatoms. The molecule has 0 radical (unpaired) electrons.